The molecule has 3 N–H and O–H groups in total. The van der Waals surface area contributed by atoms with Gasteiger partial charge in [0.15, 0.2) is 11.5 Å². The first-order valence-electron chi connectivity index (χ1n) is 5.90. The van der Waals surface area contributed by atoms with Crippen LogP contribution >= 0.6 is 22.9 Å². The van der Waals surface area contributed by atoms with E-state index in [-0.39, 0.29) is 23.1 Å². The van der Waals surface area contributed by atoms with Gasteiger partial charge in [-0.05, 0) is 24.6 Å². The van der Waals surface area contributed by atoms with Gasteiger partial charge in [-0.15, -0.1) is 11.3 Å². The molecule has 0 radical (unpaired) electrons. The fourth-order valence-corrected chi connectivity index (χ4v) is 2.39. The third kappa shape index (κ3) is 4.17. The number of aryl methyl sites for hydroxylation is 1. The van der Waals surface area contributed by atoms with Gasteiger partial charge in [-0.1, -0.05) is 11.6 Å². The number of thiazole rings is 1. The fourth-order valence-electron chi connectivity index (χ4n) is 1.55. The molecule has 1 amide bonds. The Bertz CT molecular complexity index is 677. The number of hydrogen-bond acceptors (Lipinski definition) is 6. The van der Waals surface area contributed by atoms with Crippen molar-refractivity contribution in [3.8, 4) is 11.5 Å². The number of halogens is 1. The fraction of sp³-hybridized carbons (Fsp3) is 0.154. The highest BCUT2D eigenvalue weighted by Gasteiger charge is 2.07. The third-order valence-corrected chi connectivity index (χ3v) is 3.59. The molecule has 2 rings (SSSR count). The number of amides is 1. The maximum Gasteiger partial charge on any atom is 0.246 e. The number of aromatic hydroxyl groups is 2. The monoisotopic (exact) mass is 325 g/mol. The number of rotatable bonds is 4. The molecule has 0 aliphatic carbocycles. The Balaban J connectivity index is 1.94. The van der Waals surface area contributed by atoms with Crippen LogP contribution in [0.5, 0.6) is 11.5 Å². The Labute approximate surface area is 129 Å². The molecule has 0 spiro atoms. The van der Waals surface area contributed by atoms with E-state index in [9.17, 15) is 15.0 Å². The molecule has 0 aliphatic rings. The maximum absolute atomic E-state index is 11.6. The summed E-state index contributed by atoms with van der Waals surface area (Å²) in [5, 5.41) is 25.2. The van der Waals surface area contributed by atoms with Crippen LogP contribution in [-0.2, 0) is 11.2 Å². The van der Waals surface area contributed by atoms with Crippen molar-refractivity contribution < 1.29 is 15.0 Å². The first-order valence-corrected chi connectivity index (χ1v) is 7.16. The number of nitrogens with zero attached hydrogens (tertiary/aromatic N) is 2. The highest BCUT2D eigenvalue weighted by molar-refractivity contribution is 7.09. The SMILES string of the molecule is Cc1nc(CC(=O)N/N=C/c2cc(O)c(O)c(Cl)c2)cs1. The zero-order valence-electron chi connectivity index (χ0n) is 11.0. The number of hydrogen-bond donors (Lipinski definition) is 3. The van der Waals surface area contributed by atoms with Crippen LogP contribution in [0, 0.1) is 6.92 Å². The van der Waals surface area contributed by atoms with Crippen LogP contribution in [0.4, 0.5) is 0 Å². The van der Waals surface area contributed by atoms with E-state index in [2.05, 4.69) is 15.5 Å². The molecule has 21 heavy (non-hydrogen) atoms. The van der Waals surface area contributed by atoms with Gasteiger partial charge >= 0.3 is 0 Å². The first-order chi connectivity index (χ1) is 9.95. The summed E-state index contributed by atoms with van der Waals surface area (Å²) in [4.78, 5) is 15.8. The summed E-state index contributed by atoms with van der Waals surface area (Å²) < 4.78 is 0. The summed E-state index contributed by atoms with van der Waals surface area (Å²) in [6, 6.07) is 2.69. The second-order valence-electron chi connectivity index (χ2n) is 4.20. The molecular weight excluding hydrogens is 314 g/mol. The summed E-state index contributed by atoms with van der Waals surface area (Å²) in [6.45, 7) is 1.87. The molecule has 110 valence electrons. The summed E-state index contributed by atoms with van der Waals surface area (Å²) >= 11 is 7.18. The van der Waals surface area contributed by atoms with E-state index in [0.717, 1.165) is 5.01 Å². The molecular formula is C13H12ClN3O3S. The number of carbonyl (C=O) groups is 1. The minimum atomic E-state index is -0.392. The lowest BCUT2D eigenvalue weighted by atomic mass is 10.2. The summed E-state index contributed by atoms with van der Waals surface area (Å²) in [6.07, 6.45) is 1.46. The molecule has 0 aliphatic heterocycles. The normalized spacial score (nSPS) is 11.0. The Morgan fingerprint density at radius 2 is 2.29 bits per heavy atom. The van der Waals surface area contributed by atoms with Crippen LogP contribution in [0.15, 0.2) is 22.6 Å². The molecule has 2 aromatic rings. The summed E-state index contributed by atoms with van der Waals surface area (Å²) in [7, 11) is 0. The van der Waals surface area contributed by atoms with Crippen molar-refractivity contribution in [2.75, 3.05) is 0 Å². The zero-order valence-corrected chi connectivity index (χ0v) is 12.6. The number of carbonyl (C=O) groups excluding carboxylic acids is 1. The molecule has 0 fully saturated rings. The van der Waals surface area contributed by atoms with Crippen LogP contribution in [0.25, 0.3) is 0 Å². The van der Waals surface area contributed by atoms with E-state index >= 15 is 0 Å². The standard InChI is InChI=1S/C13H12ClN3O3S/c1-7-16-9(6-21-7)4-12(19)17-15-5-8-2-10(14)13(20)11(18)3-8/h2-3,5-6,18,20H,4H2,1H3,(H,17,19)/b15-5+. The molecule has 0 saturated heterocycles. The van der Waals surface area contributed by atoms with Gasteiger partial charge in [0.1, 0.15) is 0 Å². The van der Waals surface area contributed by atoms with Crippen LogP contribution in [0.2, 0.25) is 5.02 Å². The largest absolute Gasteiger partial charge is 0.504 e. The van der Waals surface area contributed by atoms with Crippen LogP contribution in [0.1, 0.15) is 16.3 Å². The molecule has 1 aromatic carbocycles. The van der Waals surface area contributed by atoms with Gasteiger partial charge in [0.2, 0.25) is 5.91 Å². The molecule has 0 bridgehead atoms. The zero-order chi connectivity index (χ0) is 15.4. The Kier molecular flexibility index (Phi) is 4.77. The molecule has 1 heterocycles. The minimum absolute atomic E-state index is 0.000671. The lowest BCUT2D eigenvalue weighted by molar-refractivity contribution is -0.120. The van der Waals surface area contributed by atoms with Gasteiger partial charge < -0.3 is 10.2 Å². The van der Waals surface area contributed by atoms with E-state index in [1.807, 2.05) is 12.3 Å². The minimum Gasteiger partial charge on any atom is -0.504 e. The van der Waals surface area contributed by atoms with Crippen molar-refractivity contribution in [1.82, 2.24) is 10.4 Å². The third-order valence-electron chi connectivity index (χ3n) is 2.48. The molecule has 0 saturated carbocycles. The van der Waals surface area contributed by atoms with E-state index in [0.29, 0.717) is 11.3 Å². The number of phenols is 2. The van der Waals surface area contributed by atoms with Gasteiger partial charge in [-0.2, -0.15) is 5.10 Å². The second-order valence-corrected chi connectivity index (χ2v) is 5.67. The van der Waals surface area contributed by atoms with Gasteiger partial charge in [0.05, 0.1) is 28.4 Å². The number of hydrazone groups is 1. The highest BCUT2D eigenvalue weighted by atomic mass is 35.5. The van der Waals surface area contributed by atoms with Crippen molar-refractivity contribution in [2.24, 2.45) is 5.10 Å². The summed E-state index contributed by atoms with van der Waals surface area (Å²) in [5.74, 6) is -1.05. The van der Waals surface area contributed by atoms with Crippen molar-refractivity contribution >= 4 is 35.1 Å². The average molecular weight is 326 g/mol. The van der Waals surface area contributed by atoms with Crippen molar-refractivity contribution in [3.05, 3.63) is 38.8 Å². The number of phenolic OH excluding ortho intramolecular Hbond substituents is 2. The van der Waals surface area contributed by atoms with E-state index in [1.165, 1.54) is 29.7 Å². The lowest BCUT2D eigenvalue weighted by Gasteiger charge is -2.02. The number of benzene rings is 1. The van der Waals surface area contributed by atoms with Crippen LogP contribution in [-0.4, -0.2) is 27.3 Å². The smallest absolute Gasteiger partial charge is 0.246 e. The predicted octanol–water partition coefficient (Wildman–Crippen LogP) is 2.21. The van der Waals surface area contributed by atoms with E-state index < -0.39 is 5.75 Å². The van der Waals surface area contributed by atoms with Crippen LogP contribution in [0.3, 0.4) is 0 Å². The molecule has 0 atom stereocenters. The van der Waals surface area contributed by atoms with Crippen molar-refractivity contribution in [1.29, 1.82) is 0 Å². The second kappa shape index (κ2) is 6.55. The Morgan fingerprint density at radius 3 is 2.90 bits per heavy atom. The van der Waals surface area contributed by atoms with Gasteiger partial charge in [0, 0.05) is 5.38 Å². The first kappa shape index (κ1) is 15.3. The Morgan fingerprint density at radius 1 is 1.52 bits per heavy atom. The van der Waals surface area contributed by atoms with Crippen molar-refractivity contribution in [2.45, 2.75) is 13.3 Å². The van der Waals surface area contributed by atoms with Gasteiger partial charge in [-0.3, -0.25) is 4.79 Å². The topological polar surface area (TPSA) is 94.8 Å². The van der Waals surface area contributed by atoms with Gasteiger partial charge in [-0.25, -0.2) is 10.4 Å². The van der Waals surface area contributed by atoms with Crippen molar-refractivity contribution in [3.63, 3.8) is 0 Å². The summed E-state index contributed by atoms with van der Waals surface area (Å²) in [5.41, 5.74) is 3.49. The maximum atomic E-state index is 11.6. The van der Waals surface area contributed by atoms with E-state index in [1.54, 1.807) is 0 Å². The molecule has 8 heteroatoms. The quantitative estimate of drug-likeness (QED) is 0.456. The molecule has 6 nitrogen and oxygen atoms in total. The van der Waals surface area contributed by atoms with E-state index in [4.69, 9.17) is 11.6 Å². The average Bonchev–Trinajstić information content (AvgIpc) is 2.81. The predicted molar refractivity (Wildman–Crippen MR) is 81.1 cm³/mol. The molecule has 1 aromatic heterocycles. The Hall–Kier alpha value is -2.12. The van der Waals surface area contributed by atoms with Crippen LogP contribution < -0.4 is 5.43 Å². The number of aromatic nitrogens is 1. The number of nitrogens with one attached hydrogen (secondary N) is 1. The molecule has 0 unspecified atom stereocenters. The van der Waals surface area contributed by atoms with Gasteiger partial charge in [0.25, 0.3) is 0 Å². The lowest BCUT2D eigenvalue weighted by Crippen LogP contribution is -2.19. The highest BCUT2D eigenvalue weighted by Crippen LogP contribution is 2.33.